The number of nitrogens with two attached hydrogens (primary N) is 1. The van der Waals surface area contributed by atoms with Crippen molar-refractivity contribution in [3.05, 3.63) is 35.6 Å². The fourth-order valence-corrected chi connectivity index (χ4v) is 2.33. The average molecular weight is 301 g/mol. The van der Waals surface area contributed by atoms with E-state index in [4.69, 9.17) is 10.2 Å². The normalized spacial score (nSPS) is 13.8. The van der Waals surface area contributed by atoms with Crippen molar-refractivity contribution in [2.24, 2.45) is 5.73 Å². The maximum absolute atomic E-state index is 12.0. The quantitative estimate of drug-likeness (QED) is 0.821. The van der Waals surface area contributed by atoms with Crippen molar-refractivity contribution >= 4 is 11.0 Å². The Bertz CT molecular complexity index is 592. The molecule has 0 fully saturated rings. The molecule has 1 aromatic carbocycles. The van der Waals surface area contributed by atoms with Gasteiger partial charge in [0.2, 0.25) is 0 Å². The number of hydrogen-bond acceptors (Lipinski definition) is 3. The molecule has 1 aromatic heterocycles. The molecule has 3 nitrogen and oxygen atoms in total. The summed E-state index contributed by atoms with van der Waals surface area (Å²) in [7, 11) is 0. The monoisotopic (exact) mass is 301 g/mol. The van der Waals surface area contributed by atoms with E-state index < -0.39 is 18.8 Å². The van der Waals surface area contributed by atoms with Crippen LogP contribution in [0.2, 0.25) is 0 Å². The Morgan fingerprint density at radius 1 is 1.29 bits per heavy atom. The van der Waals surface area contributed by atoms with E-state index in [-0.39, 0.29) is 6.61 Å². The van der Waals surface area contributed by atoms with Crippen LogP contribution < -0.4 is 5.73 Å². The van der Waals surface area contributed by atoms with Crippen LogP contribution in [0.15, 0.2) is 28.7 Å². The fraction of sp³-hybridized carbons (Fsp3) is 0.467. The second-order valence-corrected chi connectivity index (χ2v) is 4.85. The van der Waals surface area contributed by atoms with E-state index in [0.29, 0.717) is 12.8 Å². The second-order valence-electron chi connectivity index (χ2n) is 4.85. The summed E-state index contributed by atoms with van der Waals surface area (Å²) in [6, 6.07) is 7.10. The minimum atomic E-state index is -4.30. The van der Waals surface area contributed by atoms with Gasteiger partial charge in [0.05, 0.1) is 0 Å². The fourth-order valence-electron chi connectivity index (χ4n) is 2.33. The van der Waals surface area contributed by atoms with Gasteiger partial charge in [-0.15, -0.1) is 0 Å². The van der Waals surface area contributed by atoms with Gasteiger partial charge in [-0.05, 0) is 12.5 Å². The van der Waals surface area contributed by atoms with Crippen molar-refractivity contribution in [2.45, 2.75) is 32.0 Å². The van der Waals surface area contributed by atoms with Crippen LogP contribution in [0.5, 0.6) is 0 Å². The van der Waals surface area contributed by atoms with E-state index in [1.165, 1.54) is 0 Å². The Morgan fingerprint density at radius 3 is 2.67 bits per heavy atom. The van der Waals surface area contributed by atoms with Crippen LogP contribution in [0, 0.1) is 0 Å². The molecule has 2 rings (SSSR count). The predicted molar refractivity (Wildman–Crippen MR) is 74.0 cm³/mol. The zero-order valence-corrected chi connectivity index (χ0v) is 11.7. The zero-order valence-electron chi connectivity index (χ0n) is 11.7. The van der Waals surface area contributed by atoms with Gasteiger partial charge in [-0.1, -0.05) is 25.1 Å². The molecule has 0 amide bonds. The maximum Gasteiger partial charge on any atom is 0.411 e. The molecule has 1 heterocycles. The Kier molecular flexibility index (Phi) is 4.90. The molecule has 6 heteroatoms. The topological polar surface area (TPSA) is 48.4 Å². The Balaban J connectivity index is 2.06. The van der Waals surface area contributed by atoms with Gasteiger partial charge in [0, 0.05) is 30.0 Å². The lowest BCUT2D eigenvalue weighted by atomic mass is 10.00. The molecule has 0 saturated heterocycles. The summed E-state index contributed by atoms with van der Waals surface area (Å²) in [6.45, 7) is 0.671. The summed E-state index contributed by atoms with van der Waals surface area (Å²) >= 11 is 0. The van der Waals surface area contributed by atoms with Crippen molar-refractivity contribution in [3.63, 3.8) is 0 Å². The molecule has 0 aliphatic carbocycles. The molecule has 1 atom stereocenters. The number of aryl methyl sites for hydroxylation is 1. The lowest BCUT2D eigenvalue weighted by Crippen LogP contribution is -2.20. The van der Waals surface area contributed by atoms with Gasteiger partial charge in [0.1, 0.15) is 18.0 Å². The molecule has 0 spiro atoms. The van der Waals surface area contributed by atoms with Gasteiger partial charge in [-0.25, -0.2) is 0 Å². The lowest BCUT2D eigenvalue weighted by molar-refractivity contribution is -0.174. The molecule has 1 unspecified atom stereocenters. The van der Waals surface area contributed by atoms with E-state index in [0.717, 1.165) is 22.3 Å². The number of halogens is 3. The zero-order chi connectivity index (χ0) is 15.5. The summed E-state index contributed by atoms with van der Waals surface area (Å²) in [5, 5.41) is 0.915. The summed E-state index contributed by atoms with van der Waals surface area (Å²) in [5.74, 6) is 0.777. The highest BCUT2D eigenvalue weighted by Gasteiger charge is 2.27. The van der Waals surface area contributed by atoms with Gasteiger partial charge in [0.15, 0.2) is 0 Å². The van der Waals surface area contributed by atoms with Crippen molar-refractivity contribution < 1.29 is 22.3 Å². The van der Waals surface area contributed by atoms with Crippen molar-refractivity contribution in [3.8, 4) is 0 Å². The van der Waals surface area contributed by atoms with Gasteiger partial charge >= 0.3 is 6.18 Å². The van der Waals surface area contributed by atoms with Gasteiger partial charge in [-0.2, -0.15) is 13.2 Å². The first-order chi connectivity index (χ1) is 9.92. The molecule has 2 N–H and O–H groups in total. The number of ether oxygens (including phenoxy) is 1. The molecule has 0 aliphatic heterocycles. The van der Waals surface area contributed by atoms with Crippen LogP contribution in [-0.4, -0.2) is 19.4 Å². The Morgan fingerprint density at radius 2 is 2.00 bits per heavy atom. The molecule has 0 saturated carbocycles. The average Bonchev–Trinajstić information content (AvgIpc) is 2.80. The standard InChI is InChI=1S/C15H18F3NO2/c1-2-12-14(10-5-3-4-6-13(10)21-12)11(19)7-8-20-9-15(16,17)18/h3-6,11H,2,7-9,19H2,1H3. The third-order valence-corrected chi connectivity index (χ3v) is 3.24. The second kappa shape index (κ2) is 6.49. The molecule has 116 valence electrons. The van der Waals surface area contributed by atoms with Crippen LogP contribution in [0.4, 0.5) is 13.2 Å². The summed E-state index contributed by atoms with van der Waals surface area (Å²) in [6.07, 6.45) is -3.31. The number of alkyl halides is 3. The Labute approximate surface area is 120 Å². The molecule has 2 aromatic rings. The smallest absolute Gasteiger partial charge is 0.411 e. The summed E-state index contributed by atoms with van der Waals surface area (Å²) in [4.78, 5) is 0. The van der Waals surface area contributed by atoms with Crippen LogP contribution in [0.25, 0.3) is 11.0 Å². The van der Waals surface area contributed by atoms with Crippen molar-refractivity contribution in [1.82, 2.24) is 0 Å². The highest BCUT2D eigenvalue weighted by atomic mass is 19.4. The van der Waals surface area contributed by atoms with Gasteiger partial charge < -0.3 is 14.9 Å². The predicted octanol–water partition coefficient (Wildman–Crippen LogP) is 3.96. The van der Waals surface area contributed by atoms with Gasteiger partial charge in [-0.3, -0.25) is 0 Å². The lowest BCUT2D eigenvalue weighted by Gasteiger charge is -2.13. The number of para-hydroxylation sites is 1. The number of furan rings is 1. The van der Waals surface area contributed by atoms with Gasteiger partial charge in [0.25, 0.3) is 0 Å². The number of rotatable bonds is 6. The summed E-state index contributed by atoms with van der Waals surface area (Å²) in [5.41, 5.74) is 7.72. The minimum absolute atomic E-state index is 0.0384. The largest absolute Gasteiger partial charge is 0.461 e. The van der Waals surface area contributed by atoms with Crippen LogP contribution in [-0.2, 0) is 11.2 Å². The van der Waals surface area contributed by atoms with E-state index >= 15 is 0 Å². The highest BCUT2D eigenvalue weighted by molar-refractivity contribution is 5.82. The van der Waals surface area contributed by atoms with Crippen LogP contribution in [0.1, 0.15) is 30.7 Å². The van der Waals surface area contributed by atoms with E-state index in [1.807, 2.05) is 31.2 Å². The van der Waals surface area contributed by atoms with E-state index in [2.05, 4.69) is 4.74 Å². The van der Waals surface area contributed by atoms with E-state index in [9.17, 15) is 13.2 Å². The molecule has 0 aliphatic rings. The van der Waals surface area contributed by atoms with Crippen LogP contribution in [0.3, 0.4) is 0 Å². The first-order valence-corrected chi connectivity index (χ1v) is 6.82. The third-order valence-electron chi connectivity index (χ3n) is 3.24. The minimum Gasteiger partial charge on any atom is -0.461 e. The SMILES string of the molecule is CCc1oc2ccccc2c1C(N)CCOCC(F)(F)F. The third kappa shape index (κ3) is 3.98. The number of fused-ring (bicyclic) bond motifs is 1. The summed E-state index contributed by atoms with van der Waals surface area (Å²) < 4.78 is 46.4. The molecular formula is C15H18F3NO2. The highest BCUT2D eigenvalue weighted by Crippen LogP contribution is 2.31. The first kappa shape index (κ1) is 15.9. The van der Waals surface area contributed by atoms with Crippen molar-refractivity contribution in [1.29, 1.82) is 0 Å². The first-order valence-electron chi connectivity index (χ1n) is 6.82. The van der Waals surface area contributed by atoms with E-state index in [1.54, 1.807) is 0 Å². The van der Waals surface area contributed by atoms with Crippen LogP contribution >= 0.6 is 0 Å². The molecule has 0 radical (unpaired) electrons. The Hall–Kier alpha value is -1.53. The number of benzene rings is 1. The van der Waals surface area contributed by atoms with Crippen molar-refractivity contribution in [2.75, 3.05) is 13.2 Å². The molecular weight excluding hydrogens is 283 g/mol. The number of hydrogen-bond donors (Lipinski definition) is 1. The molecule has 21 heavy (non-hydrogen) atoms. The molecule has 0 bridgehead atoms. The maximum atomic E-state index is 12.0.